The highest BCUT2D eigenvalue weighted by Crippen LogP contribution is 2.22. The van der Waals surface area contributed by atoms with Crippen molar-refractivity contribution in [3.8, 4) is 11.8 Å². The van der Waals surface area contributed by atoms with Crippen molar-refractivity contribution in [2.45, 2.75) is 13.0 Å². The number of hydrogen-bond donors (Lipinski definition) is 0. The average molecular weight is 320 g/mol. The van der Waals surface area contributed by atoms with E-state index in [1.54, 1.807) is 24.3 Å². The van der Waals surface area contributed by atoms with Crippen molar-refractivity contribution < 1.29 is 22.7 Å². The molecule has 23 heavy (non-hydrogen) atoms. The van der Waals surface area contributed by atoms with E-state index in [0.29, 0.717) is 16.7 Å². The van der Waals surface area contributed by atoms with Crippen LogP contribution in [-0.4, -0.2) is 12.6 Å². The molecule has 0 aliphatic carbocycles. The predicted molar refractivity (Wildman–Crippen MR) is 76.7 cm³/mol. The summed E-state index contributed by atoms with van der Waals surface area (Å²) < 4.78 is 39.8. The molecule has 0 saturated carbocycles. The summed E-state index contributed by atoms with van der Waals surface area (Å²) in [6, 6.07) is 14.1. The Hall–Kier alpha value is -3.01. The van der Waals surface area contributed by atoms with Gasteiger partial charge < -0.3 is 9.57 Å². The van der Waals surface area contributed by atoms with Gasteiger partial charge in [0.1, 0.15) is 12.4 Å². The lowest BCUT2D eigenvalue weighted by Gasteiger charge is -2.08. The SMILES string of the molecule is N#Cc1cccc(C=NOCc2ccc(OC(F)(F)F)cc2)c1. The van der Waals surface area contributed by atoms with E-state index in [1.807, 2.05) is 6.07 Å². The van der Waals surface area contributed by atoms with Crippen LogP contribution in [0.2, 0.25) is 0 Å². The number of benzene rings is 2. The van der Waals surface area contributed by atoms with E-state index in [0.717, 1.165) is 0 Å². The van der Waals surface area contributed by atoms with Gasteiger partial charge in [0.05, 0.1) is 17.8 Å². The van der Waals surface area contributed by atoms with Gasteiger partial charge in [0, 0.05) is 0 Å². The zero-order valence-corrected chi connectivity index (χ0v) is 11.7. The highest BCUT2D eigenvalue weighted by molar-refractivity contribution is 5.79. The van der Waals surface area contributed by atoms with Crippen LogP contribution < -0.4 is 4.74 Å². The van der Waals surface area contributed by atoms with E-state index in [-0.39, 0.29) is 12.4 Å². The first kappa shape index (κ1) is 16.4. The fourth-order valence-electron chi connectivity index (χ4n) is 1.69. The maximum Gasteiger partial charge on any atom is 0.573 e. The van der Waals surface area contributed by atoms with E-state index in [9.17, 15) is 13.2 Å². The number of alkyl halides is 3. The van der Waals surface area contributed by atoms with E-state index in [4.69, 9.17) is 10.1 Å². The van der Waals surface area contributed by atoms with Gasteiger partial charge in [0.25, 0.3) is 0 Å². The molecule has 0 N–H and O–H groups in total. The Morgan fingerprint density at radius 1 is 1.13 bits per heavy atom. The fourth-order valence-corrected chi connectivity index (χ4v) is 1.69. The highest BCUT2D eigenvalue weighted by Gasteiger charge is 2.30. The normalized spacial score (nSPS) is 11.2. The van der Waals surface area contributed by atoms with Crippen molar-refractivity contribution in [1.29, 1.82) is 5.26 Å². The molecular formula is C16H11F3N2O2. The van der Waals surface area contributed by atoms with Crippen molar-refractivity contribution in [2.24, 2.45) is 5.16 Å². The minimum absolute atomic E-state index is 0.0980. The van der Waals surface area contributed by atoms with Crippen molar-refractivity contribution in [3.05, 3.63) is 65.2 Å². The number of nitrogens with zero attached hydrogens (tertiary/aromatic N) is 2. The van der Waals surface area contributed by atoms with Crippen LogP contribution in [0.15, 0.2) is 53.7 Å². The Morgan fingerprint density at radius 3 is 2.52 bits per heavy atom. The molecule has 0 atom stereocenters. The summed E-state index contributed by atoms with van der Waals surface area (Å²) in [5.74, 6) is -0.293. The molecule has 0 radical (unpaired) electrons. The van der Waals surface area contributed by atoms with Gasteiger partial charge in [0.15, 0.2) is 0 Å². The van der Waals surface area contributed by atoms with Gasteiger partial charge in [0.2, 0.25) is 0 Å². The van der Waals surface area contributed by atoms with Crippen LogP contribution in [-0.2, 0) is 11.4 Å². The third-order valence-corrected chi connectivity index (χ3v) is 2.68. The highest BCUT2D eigenvalue weighted by atomic mass is 19.4. The van der Waals surface area contributed by atoms with Gasteiger partial charge >= 0.3 is 6.36 Å². The third-order valence-electron chi connectivity index (χ3n) is 2.68. The molecule has 0 saturated heterocycles. The summed E-state index contributed by atoms with van der Waals surface area (Å²) in [5.41, 5.74) is 1.86. The number of nitriles is 1. The molecule has 0 heterocycles. The van der Waals surface area contributed by atoms with Crippen LogP contribution in [0, 0.1) is 11.3 Å². The monoisotopic (exact) mass is 320 g/mol. The topological polar surface area (TPSA) is 54.6 Å². The summed E-state index contributed by atoms with van der Waals surface area (Å²) in [4.78, 5) is 5.06. The van der Waals surface area contributed by atoms with Crippen molar-refractivity contribution in [2.75, 3.05) is 0 Å². The minimum Gasteiger partial charge on any atom is -0.406 e. The Kier molecular flexibility index (Phi) is 5.20. The van der Waals surface area contributed by atoms with Crippen LogP contribution in [0.4, 0.5) is 13.2 Å². The zero-order chi connectivity index (χ0) is 16.7. The number of halogens is 3. The molecule has 4 nitrogen and oxygen atoms in total. The molecule has 7 heteroatoms. The van der Waals surface area contributed by atoms with Gasteiger partial charge in [-0.15, -0.1) is 13.2 Å². The quantitative estimate of drug-likeness (QED) is 0.618. The molecule has 0 aromatic heterocycles. The molecule has 0 unspecified atom stereocenters. The van der Waals surface area contributed by atoms with Crippen molar-refractivity contribution >= 4 is 6.21 Å². The first-order chi connectivity index (χ1) is 11.0. The Balaban J connectivity index is 1.86. The van der Waals surface area contributed by atoms with E-state index >= 15 is 0 Å². The average Bonchev–Trinajstić information content (AvgIpc) is 2.52. The molecule has 118 valence electrons. The minimum atomic E-state index is -4.71. The van der Waals surface area contributed by atoms with E-state index < -0.39 is 6.36 Å². The standard InChI is InChI=1S/C16H11F3N2O2/c17-16(18,19)23-15-6-4-12(5-7-15)11-22-21-10-14-3-1-2-13(8-14)9-20/h1-8,10H,11H2. The fraction of sp³-hybridized carbons (Fsp3) is 0.125. The molecule has 2 rings (SSSR count). The maximum atomic E-state index is 12.0. The number of ether oxygens (including phenoxy) is 1. The second-order valence-corrected chi connectivity index (χ2v) is 4.44. The first-order valence-corrected chi connectivity index (χ1v) is 6.46. The number of hydrogen-bond acceptors (Lipinski definition) is 4. The molecule has 0 fully saturated rings. The number of oxime groups is 1. The second kappa shape index (κ2) is 7.31. The van der Waals surface area contributed by atoms with E-state index in [2.05, 4.69) is 9.89 Å². The lowest BCUT2D eigenvalue weighted by molar-refractivity contribution is -0.274. The lowest BCUT2D eigenvalue weighted by atomic mass is 10.1. The second-order valence-electron chi connectivity index (χ2n) is 4.44. The molecule has 2 aromatic rings. The molecule has 0 aliphatic rings. The van der Waals surface area contributed by atoms with Crippen LogP contribution in [0.25, 0.3) is 0 Å². The van der Waals surface area contributed by atoms with Gasteiger partial charge in [-0.05, 0) is 35.4 Å². The summed E-state index contributed by atoms with van der Waals surface area (Å²) in [6.07, 6.45) is -3.26. The maximum absolute atomic E-state index is 12.0. The van der Waals surface area contributed by atoms with Crippen LogP contribution in [0.5, 0.6) is 5.75 Å². The molecular weight excluding hydrogens is 309 g/mol. The van der Waals surface area contributed by atoms with Crippen LogP contribution >= 0.6 is 0 Å². The Bertz CT molecular complexity index is 719. The third kappa shape index (κ3) is 5.71. The Labute approximate surface area is 130 Å². The molecule has 0 spiro atoms. The first-order valence-electron chi connectivity index (χ1n) is 6.46. The summed E-state index contributed by atoms with van der Waals surface area (Å²) in [6.45, 7) is 0.0980. The zero-order valence-electron chi connectivity index (χ0n) is 11.7. The predicted octanol–water partition coefficient (Wildman–Crippen LogP) is 4.01. The van der Waals surface area contributed by atoms with Crippen LogP contribution in [0.3, 0.4) is 0 Å². The lowest BCUT2D eigenvalue weighted by Crippen LogP contribution is -2.17. The van der Waals surface area contributed by atoms with Crippen molar-refractivity contribution in [3.63, 3.8) is 0 Å². The largest absolute Gasteiger partial charge is 0.573 e. The van der Waals surface area contributed by atoms with Crippen LogP contribution in [0.1, 0.15) is 16.7 Å². The van der Waals surface area contributed by atoms with Gasteiger partial charge in [-0.2, -0.15) is 5.26 Å². The molecule has 2 aromatic carbocycles. The Morgan fingerprint density at radius 2 is 1.87 bits per heavy atom. The molecule has 0 amide bonds. The van der Waals surface area contributed by atoms with E-state index in [1.165, 1.54) is 30.5 Å². The summed E-state index contributed by atoms with van der Waals surface area (Å²) >= 11 is 0. The number of rotatable bonds is 5. The van der Waals surface area contributed by atoms with Gasteiger partial charge in [-0.3, -0.25) is 0 Å². The molecule has 0 aliphatic heterocycles. The molecule has 0 bridgehead atoms. The summed E-state index contributed by atoms with van der Waals surface area (Å²) in [7, 11) is 0. The smallest absolute Gasteiger partial charge is 0.406 e. The van der Waals surface area contributed by atoms with Gasteiger partial charge in [-0.1, -0.05) is 29.4 Å². The van der Waals surface area contributed by atoms with Gasteiger partial charge in [-0.25, -0.2) is 0 Å². The van der Waals surface area contributed by atoms with Crippen molar-refractivity contribution in [1.82, 2.24) is 0 Å². The summed E-state index contributed by atoms with van der Waals surface area (Å²) in [5, 5.41) is 12.5.